The largest absolute Gasteiger partial charge is 0.313 e. The summed E-state index contributed by atoms with van der Waals surface area (Å²) in [5.41, 5.74) is 5.61. The molecule has 0 amide bonds. The lowest BCUT2D eigenvalue weighted by Gasteiger charge is -2.24. The molecule has 0 aromatic heterocycles. The Kier molecular flexibility index (Phi) is 3.54. The third-order valence-electron chi connectivity index (χ3n) is 4.79. The summed E-state index contributed by atoms with van der Waals surface area (Å²) < 4.78 is 0. The quantitative estimate of drug-likeness (QED) is 0.777. The van der Waals surface area contributed by atoms with Gasteiger partial charge in [0.05, 0.1) is 6.07 Å². The van der Waals surface area contributed by atoms with Crippen molar-refractivity contribution in [3.8, 4) is 6.07 Å². The molecular formula is C14H26N2. The Bertz CT molecular complexity index is 280. The maximum atomic E-state index is 9.14. The lowest BCUT2D eigenvalue weighted by Crippen LogP contribution is -2.40. The Labute approximate surface area is 101 Å². The predicted molar refractivity (Wildman–Crippen MR) is 67.7 cm³/mol. The topological polar surface area (TPSA) is 49.8 Å². The van der Waals surface area contributed by atoms with Gasteiger partial charge in [0, 0.05) is 1.43 Å². The smallest absolute Gasteiger partial charge is 0.107 e. The monoisotopic (exact) mass is 222 g/mol. The van der Waals surface area contributed by atoms with Crippen molar-refractivity contribution in [3.05, 3.63) is 0 Å². The molecule has 0 aromatic carbocycles. The lowest BCUT2D eigenvalue weighted by atomic mass is 9.82. The fraction of sp³-hybridized carbons (Fsp3) is 0.929. The molecule has 2 N–H and O–H groups in total. The van der Waals surface area contributed by atoms with Gasteiger partial charge in [-0.1, -0.05) is 39.0 Å². The van der Waals surface area contributed by atoms with Gasteiger partial charge in [-0.15, -0.1) is 0 Å². The van der Waals surface area contributed by atoms with Gasteiger partial charge in [0.15, 0.2) is 0 Å². The Morgan fingerprint density at radius 3 is 2.56 bits per heavy atom. The highest BCUT2D eigenvalue weighted by Gasteiger charge is 2.42. The zero-order valence-electron chi connectivity index (χ0n) is 10.4. The van der Waals surface area contributed by atoms with E-state index in [0.717, 1.165) is 12.3 Å². The molecule has 2 aliphatic rings. The highest BCUT2D eigenvalue weighted by atomic mass is 14.8. The molecule has 2 nitrogen and oxygen atoms in total. The van der Waals surface area contributed by atoms with Crippen molar-refractivity contribution in [1.82, 2.24) is 0 Å². The molecule has 2 unspecified atom stereocenters. The van der Waals surface area contributed by atoms with E-state index in [0.29, 0.717) is 11.8 Å². The number of nitrogens with zero attached hydrogens (tertiary/aromatic N) is 1. The molecule has 0 radical (unpaired) electrons. The normalized spacial score (nSPS) is 40.8. The second-order valence-electron chi connectivity index (χ2n) is 6.10. The zero-order chi connectivity index (χ0) is 11.6. The maximum Gasteiger partial charge on any atom is 0.107 e. The molecule has 0 aliphatic heterocycles. The first-order valence-electron chi connectivity index (χ1n) is 6.84. The van der Waals surface area contributed by atoms with Crippen LogP contribution in [0.3, 0.4) is 0 Å². The Hall–Kier alpha value is -0.550. The standard InChI is InChI=1S/C14H24N2.H2/c1-11-7-13(9-14(11,16)10-15)8-12-5-3-2-4-6-12;/h11-13H,2-9,16H2,1H3;1H/t11-,13?,14?;/m0./s1. The number of nitriles is 1. The van der Waals surface area contributed by atoms with E-state index in [1.165, 1.54) is 44.9 Å². The Morgan fingerprint density at radius 2 is 2.00 bits per heavy atom. The van der Waals surface area contributed by atoms with E-state index in [1.807, 2.05) is 0 Å². The fourth-order valence-corrected chi connectivity index (χ4v) is 3.70. The van der Waals surface area contributed by atoms with Gasteiger partial charge in [0.25, 0.3) is 0 Å². The minimum absolute atomic E-state index is 0. The summed E-state index contributed by atoms with van der Waals surface area (Å²) in [5, 5.41) is 9.14. The van der Waals surface area contributed by atoms with Crippen LogP contribution >= 0.6 is 0 Å². The molecule has 92 valence electrons. The third kappa shape index (κ3) is 2.40. The average molecular weight is 222 g/mol. The van der Waals surface area contributed by atoms with Gasteiger partial charge in [0.2, 0.25) is 0 Å². The molecule has 0 spiro atoms. The molecule has 2 rings (SSSR count). The van der Waals surface area contributed by atoms with E-state index in [2.05, 4.69) is 13.0 Å². The summed E-state index contributed by atoms with van der Waals surface area (Å²) in [7, 11) is 0. The van der Waals surface area contributed by atoms with Gasteiger partial charge >= 0.3 is 0 Å². The lowest BCUT2D eigenvalue weighted by molar-refractivity contribution is 0.285. The van der Waals surface area contributed by atoms with E-state index in [-0.39, 0.29) is 1.43 Å². The van der Waals surface area contributed by atoms with Crippen LogP contribution < -0.4 is 5.73 Å². The van der Waals surface area contributed by atoms with Crippen LogP contribution in [0.5, 0.6) is 0 Å². The van der Waals surface area contributed by atoms with E-state index in [9.17, 15) is 0 Å². The molecular weight excluding hydrogens is 196 g/mol. The van der Waals surface area contributed by atoms with Crippen LogP contribution in [0, 0.1) is 29.1 Å². The van der Waals surface area contributed by atoms with Crippen molar-refractivity contribution >= 4 is 0 Å². The van der Waals surface area contributed by atoms with Crippen LogP contribution in [0.15, 0.2) is 0 Å². The first kappa shape index (κ1) is 11.9. The van der Waals surface area contributed by atoms with E-state index >= 15 is 0 Å². The fourth-order valence-electron chi connectivity index (χ4n) is 3.70. The van der Waals surface area contributed by atoms with Crippen molar-refractivity contribution < 1.29 is 1.43 Å². The highest BCUT2D eigenvalue weighted by Crippen LogP contribution is 2.42. The highest BCUT2D eigenvalue weighted by molar-refractivity contribution is 5.12. The molecule has 0 saturated heterocycles. The number of hydrogen-bond donors (Lipinski definition) is 1. The van der Waals surface area contributed by atoms with Crippen molar-refractivity contribution in [2.45, 2.75) is 63.8 Å². The average Bonchev–Trinajstić information content (AvgIpc) is 2.56. The molecule has 2 heteroatoms. The summed E-state index contributed by atoms with van der Waals surface area (Å²) in [6.45, 7) is 2.14. The second-order valence-corrected chi connectivity index (χ2v) is 6.10. The summed E-state index contributed by atoms with van der Waals surface area (Å²) in [6, 6.07) is 2.34. The summed E-state index contributed by atoms with van der Waals surface area (Å²) in [5.74, 6) is 2.01. The predicted octanol–water partition coefficient (Wildman–Crippen LogP) is 3.47. The van der Waals surface area contributed by atoms with E-state index in [4.69, 9.17) is 11.0 Å². The maximum absolute atomic E-state index is 9.14. The van der Waals surface area contributed by atoms with Crippen LogP contribution in [-0.2, 0) is 0 Å². The van der Waals surface area contributed by atoms with Crippen molar-refractivity contribution in [2.24, 2.45) is 23.5 Å². The van der Waals surface area contributed by atoms with Crippen molar-refractivity contribution in [2.75, 3.05) is 0 Å². The molecule has 2 aliphatic carbocycles. The Morgan fingerprint density at radius 1 is 1.31 bits per heavy atom. The minimum atomic E-state index is -0.528. The molecule has 0 bridgehead atoms. The van der Waals surface area contributed by atoms with Gasteiger partial charge < -0.3 is 5.73 Å². The van der Waals surface area contributed by atoms with Gasteiger partial charge in [-0.25, -0.2) is 0 Å². The van der Waals surface area contributed by atoms with Gasteiger partial charge in [-0.05, 0) is 37.0 Å². The van der Waals surface area contributed by atoms with E-state index < -0.39 is 5.54 Å². The number of nitrogens with two attached hydrogens (primary N) is 1. The third-order valence-corrected chi connectivity index (χ3v) is 4.79. The molecule has 16 heavy (non-hydrogen) atoms. The van der Waals surface area contributed by atoms with Crippen molar-refractivity contribution in [1.29, 1.82) is 5.26 Å². The van der Waals surface area contributed by atoms with Crippen LogP contribution in [0.1, 0.15) is 59.7 Å². The SMILES string of the molecule is C[C@H]1CC(CC2CCCCC2)CC1(N)C#N.[HH]. The first-order chi connectivity index (χ1) is 7.64. The zero-order valence-corrected chi connectivity index (χ0v) is 10.4. The van der Waals surface area contributed by atoms with Crippen LogP contribution in [0.4, 0.5) is 0 Å². The molecule has 2 fully saturated rings. The Balaban J connectivity index is 0.00000144. The second kappa shape index (κ2) is 4.75. The van der Waals surface area contributed by atoms with Crippen LogP contribution in [0.25, 0.3) is 0 Å². The van der Waals surface area contributed by atoms with Gasteiger partial charge in [-0.2, -0.15) is 5.26 Å². The van der Waals surface area contributed by atoms with Gasteiger partial charge in [-0.3, -0.25) is 0 Å². The summed E-state index contributed by atoms with van der Waals surface area (Å²) in [4.78, 5) is 0. The van der Waals surface area contributed by atoms with Crippen LogP contribution in [0.2, 0.25) is 0 Å². The minimum Gasteiger partial charge on any atom is -0.313 e. The summed E-state index contributed by atoms with van der Waals surface area (Å²) >= 11 is 0. The first-order valence-corrected chi connectivity index (χ1v) is 6.84. The summed E-state index contributed by atoms with van der Waals surface area (Å²) in [6.07, 6.45) is 10.5. The molecule has 3 atom stereocenters. The number of rotatable bonds is 2. The van der Waals surface area contributed by atoms with Crippen LogP contribution in [-0.4, -0.2) is 5.54 Å². The van der Waals surface area contributed by atoms with Gasteiger partial charge in [0.1, 0.15) is 5.54 Å². The van der Waals surface area contributed by atoms with Crippen molar-refractivity contribution in [3.63, 3.8) is 0 Å². The number of hydrogen-bond acceptors (Lipinski definition) is 2. The molecule has 0 aromatic rings. The molecule has 0 heterocycles. The molecule has 2 saturated carbocycles. The van der Waals surface area contributed by atoms with E-state index in [1.54, 1.807) is 0 Å².